The van der Waals surface area contributed by atoms with E-state index in [9.17, 15) is 4.79 Å². The van der Waals surface area contributed by atoms with Crippen LogP contribution >= 0.6 is 0 Å². The van der Waals surface area contributed by atoms with Crippen molar-refractivity contribution in [1.82, 2.24) is 5.32 Å². The van der Waals surface area contributed by atoms with Gasteiger partial charge in [0, 0.05) is 20.3 Å². The molecule has 96 valence electrons. The van der Waals surface area contributed by atoms with Crippen molar-refractivity contribution in [3.8, 4) is 0 Å². The van der Waals surface area contributed by atoms with Crippen molar-refractivity contribution < 1.29 is 19.0 Å². The molecule has 5 heteroatoms. The summed E-state index contributed by atoms with van der Waals surface area (Å²) in [5.74, 6) is -0.228. The third-order valence-electron chi connectivity index (χ3n) is 1.82. The summed E-state index contributed by atoms with van der Waals surface area (Å²) in [6, 6.07) is 0. The Morgan fingerprint density at radius 3 is 2.69 bits per heavy atom. The van der Waals surface area contributed by atoms with Gasteiger partial charge in [-0.2, -0.15) is 0 Å². The second-order valence-corrected chi connectivity index (χ2v) is 3.36. The molecular weight excluding hydrogens is 210 g/mol. The van der Waals surface area contributed by atoms with Crippen molar-refractivity contribution >= 4 is 5.97 Å². The van der Waals surface area contributed by atoms with E-state index in [4.69, 9.17) is 14.2 Å². The van der Waals surface area contributed by atoms with Gasteiger partial charge in [0.1, 0.15) is 6.61 Å². The van der Waals surface area contributed by atoms with Crippen molar-refractivity contribution in [2.24, 2.45) is 0 Å². The normalized spacial score (nSPS) is 10.4. The van der Waals surface area contributed by atoms with Gasteiger partial charge in [-0.25, -0.2) is 0 Å². The van der Waals surface area contributed by atoms with Gasteiger partial charge in [-0.3, -0.25) is 4.79 Å². The highest BCUT2D eigenvalue weighted by molar-refractivity contribution is 5.71. The number of hydrogen-bond acceptors (Lipinski definition) is 5. The predicted molar refractivity (Wildman–Crippen MR) is 61.4 cm³/mol. The lowest BCUT2D eigenvalue weighted by atomic mass is 10.5. The highest BCUT2D eigenvalue weighted by Gasteiger charge is 2.00. The Morgan fingerprint density at radius 2 is 2.00 bits per heavy atom. The van der Waals surface area contributed by atoms with Crippen molar-refractivity contribution in [1.29, 1.82) is 0 Å². The summed E-state index contributed by atoms with van der Waals surface area (Å²) in [6.07, 6.45) is 1.87. The average Bonchev–Trinajstić information content (AvgIpc) is 2.28. The van der Waals surface area contributed by atoms with Gasteiger partial charge < -0.3 is 19.5 Å². The van der Waals surface area contributed by atoms with Crippen LogP contribution in [0, 0.1) is 0 Å². The van der Waals surface area contributed by atoms with Crippen LogP contribution in [0.2, 0.25) is 0 Å². The van der Waals surface area contributed by atoms with Crippen LogP contribution in [0.5, 0.6) is 0 Å². The van der Waals surface area contributed by atoms with E-state index in [0.29, 0.717) is 26.4 Å². The summed E-state index contributed by atoms with van der Waals surface area (Å²) in [5.41, 5.74) is 0. The van der Waals surface area contributed by atoms with Crippen LogP contribution in [0.3, 0.4) is 0 Å². The van der Waals surface area contributed by atoms with Crippen LogP contribution in [0.1, 0.15) is 19.8 Å². The molecule has 0 aromatic rings. The van der Waals surface area contributed by atoms with E-state index >= 15 is 0 Å². The second kappa shape index (κ2) is 12.4. The van der Waals surface area contributed by atoms with Crippen LogP contribution in [0.25, 0.3) is 0 Å². The van der Waals surface area contributed by atoms with Crippen LogP contribution < -0.4 is 5.32 Å². The SMILES string of the molecule is CCCNCC(=O)OCCOCCCOC. The minimum absolute atomic E-state index is 0.228. The Bertz CT molecular complexity index is 164. The van der Waals surface area contributed by atoms with Crippen LogP contribution in [-0.2, 0) is 19.0 Å². The third kappa shape index (κ3) is 11.4. The smallest absolute Gasteiger partial charge is 0.319 e. The Labute approximate surface area is 97.4 Å². The quantitative estimate of drug-likeness (QED) is 0.418. The number of hydrogen-bond donors (Lipinski definition) is 1. The van der Waals surface area contributed by atoms with Crippen LogP contribution in [0.4, 0.5) is 0 Å². The number of rotatable bonds is 11. The zero-order chi connectivity index (χ0) is 12.1. The first kappa shape index (κ1) is 15.3. The molecule has 0 aliphatic heterocycles. The molecule has 0 aliphatic rings. The minimum atomic E-state index is -0.228. The van der Waals surface area contributed by atoms with Gasteiger partial charge in [-0.1, -0.05) is 6.92 Å². The summed E-state index contributed by atoms with van der Waals surface area (Å²) in [5, 5.41) is 2.97. The third-order valence-corrected chi connectivity index (χ3v) is 1.82. The van der Waals surface area contributed by atoms with Crippen LogP contribution in [0.15, 0.2) is 0 Å². The molecule has 0 rings (SSSR count). The van der Waals surface area contributed by atoms with Crippen molar-refractivity contribution in [2.45, 2.75) is 19.8 Å². The largest absolute Gasteiger partial charge is 0.462 e. The predicted octanol–water partition coefficient (Wildman–Crippen LogP) is 0.582. The topological polar surface area (TPSA) is 56.8 Å². The number of carbonyl (C=O) groups excluding carboxylic acids is 1. The number of methoxy groups -OCH3 is 1. The molecule has 16 heavy (non-hydrogen) atoms. The molecule has 0 atom stereocenters. The lowest BCUT2D eigenvalue weighted by Crippen LogP contribution is -2.26. The monoisotopic (exact) mass is 233 g/mol. The van der Waals surface area contributed by atoms with E-state index in [-0.39, 0.29) is 12.5 Å². The highest BCUT2D eigenvalue weighted by atomic mass is 16.6. The van der Waals surface area contributed by atoms with Gasteiger partial charge in [-0.15, -0.1) is 0 Å². The van der Waals surface area contributed by atoms with Gasteiger partial charge in [0.05, 0.1) is 13.2 Å². The summed E-state index contributed by atoms with van der Waals surface area (Å²) in [7, 11) is 1.66. The minimum Gasteiger partial charge on any atom is -0.462 e. The second-order valence-electron chi connectivity index (χ2n) is 3.36. The molecule has 0 saturated heterocycles. The molecular formula is C11H23NO4. The van der Waals surface area contributed by atoms with E-state index in [1.807, 2.05) is 6.92 Å². The molecule has 0 spiro atoms. The van der Waals surface area contributed by atoms with E-state index < -0.39 is 0 Å². The molecule has 0 bridgehead atoms. The summed E-state index contributed by atoms with van der Waals surface area (Å²) in [6.45, 7) is 5.26. The maximum Gasteiger partial charge on any atom is 0.319 e. The maximum atomic E-state index is 11.1. The molecule has 0 heterocycles. The molecule has 0 unspecified atom stereocenters. The van der Waals surface area contributed by atoms with Gasteiger partial charge >= 0.3 is 5.97 Å². The lowest BCUT2D eigenvalue weighted by Gasteiger charge is -2.06. The zero-order valence-corrected chi connectivity index (χ0v) is 10.3. The molecule has 0 amide bonds. The highest BCUT2D eigenvalue weighted by Crippen LogP contribution is 1.85. The Balaban J connectivity index is 3.09. The fraction of sp³-hybridized carbons (Fsp3) is 0.909. The Kier molecular flexibility index (Phi) is 11.9. The number of ether oxygens (including phenoxy) is 3. The number of carbonyl (C=O) groups is 1. The first-order valence-corrected chi connectivity index (χ1v) is 5.74. The first-order valence-electron chi connectivity index (χ1n) is 5.74. The molecule has 0 fully saturated rings. The fourth-order valence-electron chi connectivity index (χ4n) is 1.04. The van der Waals surface area contributed by atoms with Gasteiger partial charge in [0.15, 0.2) is 0 Å². The lowest BCUT2D eigenvalue weighted by molar-refractivity contribution is -0.144. The number of nitrogens with one attached hydrogen (secondary N) is 1. The van der Waals surface area contributed by atoms with E-state index in [2.05, 4.69) is 5.32 Å². The summed E-state index contributed by atoms with van der Waals surface area (Å²) < 4.78 is 15.0. The van der Waals surface area contributed by atoms with Gasteiger partial charge in [0.25, 0.3) is 0 Å². The molecule has 0 aromatic heterocycles. The molecule has 0 saturated carbocycles. The Morgan fingerprint density at radius 1 is 1.19 bits per heavy atom. The van der Waals surface area contributed by atoms with Gasteiger partial charge in [-0.05, 0) is 19.4 Å². The van der Waals surface area contributed by atoms with Gasteiger partial charge in [0.2, 0.25) is 0 Å². The summed E-state index contributed by atoms with van der Waals surface area (Å²) >= 11 is 0. The summed E-state index contributed by atoms with van der Waals surface area (Å²) in [4.78, 5) is 11.1. The molecule has 0 radical (unpaired) electrons. The first-order chi connectivity index (χ1) is 7.81. The van der Waals surface area contributed by atoms with E-state index in [0.717, 1.165) is 19.4 Å². The van der Waals surface area contributed by atoms with Crippen LogP contribution in [-0.4, -0.2) is 52.6 Å². The number of esters is 1. The fourth-order valence-corrected chi connectivity index (χ4v) is 1.04. The van der Waals surface area contributed by atoms with E-state index in [1.165, 1.54) is 0 Å². The Hall–Kier alpha value is -0.650. The molecule has 1 N–H and O–H groups in total. The van der Waals surface area contributed by atoms with Crippen molar-refractivity contribution in [3.63, 3.8) is 0 Å². The van der Waals surface area contributed by atoms with E-state index in [1.54, 1.807) is 7.11 Å². The zero-order valence-electron chi connectivity index (χ0n) is 10.3. The molecule has 0 aromatic carbocycles. The van der Waals surface area contributed by atoms with Crippen molar-refractivity contribution in [3.05, 3.63) is 0 Å². The van der Waals surface area contributed by atoms with Crippen molar-refractivity contribution in [2.75, 3.05) is 46.6 Å². The standard InChI is InChI=1S/C11H23NO4/c1-3-5-12-10-11(13)16-9-8-15-7-4-6-14-2/h12H,3-10H2,1-2H3. The molecule has 5 nitrogen and oxygen atoms in total. The average molecular weight is 233 g/mol. The molecule has 0 aliphatic carbocycles. The maximum absolute atomic E-state index is 11.1.